The molecule has 34 heavy (non-hydrogen) atoms. The van der Waals surface area contributed by atoms with E-state index in [2.05, 4.69) is 5.32 Å². The van der Waals surface area contributed by atoms with Crippen LogP contribution in [0.15, 0.2) is 36.4 Å². The molecule has 1 heterocycles. The number of amides is 2. The fourth-order valence-electron chi connectivity index (χ4n) is 3.81. The van der Waals surface area contributed by atoms with E-state index in [9.17, 15) is 41.0 Å². The summed E-state index contributed by atoms with van der Waals surface area (Å²) in [6.45, 7) is 1.73. The number of rotatable bonds is 3. The lowest BCUT2D eigenvalue weighted by molar-refractivity contribution is -0.143. The minimum Gasteiger partial charge on any atom is -0.465 e. The van der Waals surface area contributed by atoms with Gasteiger partial charge in [-0.3, -0.25) is 4.79 Å². The van der Waals surface area contributed by atoms with Crippen molar-refractivity contribution in [2.24, 2.45) is 0 Å². The molecular formula is C22H19ClF6N2O3. The normalized spacial score (nSPS) is 19.1. The highest BCUT2D eigenvalue weighted by Gasteiger charge is 2.38. The number of nitrogens with zero attached hydrogens (tertiary/aromatic N) is 1. The highest BCUT2D eigenvalue weighted by Crippen LogP contribution is 2.37. The van der Waals surface area contributed by atoms with Crippen LogP contribution in [0.2, 0.25) is 5.02 Å². The Kier molecular flexibility index (Phi) is 7.07. The van der Waals surface area contributed by atoms with Crippen molar-refractivity contribution >= 4 is 23.6 Å². The Morgan fingerprint density at radius 3 is 2.12 bits per heavy atom. The minimum absolute atomic E-state index is 0.0206. The van der Waals surface area contributed by atoms with Crippen LogP contribution < -0.4 is 5.32 Å². The van der Waals surface area contributed by atoms with Gasteiger partial charge in [0.25, 0.3) is 5.91 Å². The Labute approximate surface area is 195 Å². The number of aryl methyl sites for hydroxylation is 1. The van der Waals surface area contributed by atoms with Crippen LogP contribution in [0.1, 0.15) is 45.0 Å². The Bertz CT molecular complexity index is 1070. The maximum Gasteiger partial charge on any atom is 0.416 e. The van der Waals surface area contributed by atoms with E-state index in [0.717, 1.165) is 10.5 Å². The van der Waals surface area contributed by atoms with Crippen LogP contribution in [0, 0.1) is 6.92 Å². The van der Waals surface area contributed by atoms with E-state index in [1.807, 2.05) is 0 Å². The third-order valence-electron chi connectivity index (χ3n) is 5.67. The van der Waals surface area contributed by atoms with E-state index in [0.29, 0.717) is 22.7 Å². The number of carbonyl (C=O) groups excluding carboxylic acids is 1. The van der Waals surface area contributed by atoms with Crippen molar-refractivity contribution in [3.05, 3.63) is 69.2 Å². The second-order valence-corrected chi connectivity index (χ2v) is 8.41. The zero-order chi connectivity index (χ0) is 25.4. The first-order valence-electron chi connectivity index (χ1n) is 10.0. The number of carboxylic acid groups (broad SMARTS) is 1. The van der Waals surface area contributed by atoms with Crippen molar-refractivity contribution in [1.82, 2.24) is 10.2 Å². The molecule has 3 rings (SSSR count). The van der Waals surface area contributed by atoms with E-state index in [1.165, 1.54) is 0 Å². The van der Waals surface area contributed by atoms with Crippen LogP contribution in [0.5, 0.6) is 0 Å². The third-order valence-corrected chi connectivity index (χ3v) is 6.08. The number of piperidine rings is 1. The lowest BCUT2D eigenvalue weighted by Crippen LogP contribution is -2.51. The van der Waals surface area contributed by atoms with Gasteiger partial charge in [-0.2, -0.15) is 26.3 Å². The number of benzene rings is 2. The molecule has 2 aromatic carbocycles. The van der Waals surface area contributed by atoms with Gasteiger partial charge in [0, 0.05) is 35.6 Å². The fourth-order valence-corrected chi connectivity index (χ4v) is 4.00. The van der Waals surface area contributed by atoms with Crippen LogP contribution in [0.3, 0.4) is 0 Å². The molecule has 1 aliphatic rings. The van der Waals surface area contributed by atoms with Gasteiger partial charge in [-0.05, 0) is 48.7 Å². The summed E-state index contributed by atoms with van der Waals surface area (Å²) in [5, 5.41) is 12.3. The summed E-state index contributed by atoms with van der Waals surface area (Å²) in [4.78, 5) is 25.4. The average molecular weight is 509 g/mol. The highest BCUT2D eigenvalue weighted by molar-refractivity contribution is 6.31. The zero-order valence-electron chi connectivity index (χ0n) is 17.6. The van der Waals surface area contributed by atoms with Crippen molar-refractivity contribution in [3.8, 4) is 0 Å². The lowest BCUT2D eigenvalue weighted by atomic mass is 9.85. The SMILES string of the molecule is Cc1ccc(C2CN(C(=O)O)CCC2NC(=O)c2cc(C(F)(F)F)cc(C(F)(F)F)c2)cc1Cl. The first kappa shape index (κ1) is 25.7. The molecule has 2 unspecified atom stereocenters. The van der Waals surface area contributed by atoms with E-state index >= 15 is 0 Å². The second kappa shape index (κ2) is 9.36. The predicted molar refractivity (Wildman–Crippen MR) is 111 cm³/mol. The molecule has 0 saturated carbocycles. The summed E-state index contributed by atoms with van der Waals surface area (Å²) < 4.78 is 78.9. The minimum atomic E-state index is -5.09. The Morgan fingerprint density at radius 1 is 1.03 bits per heavy atom. The number of hydrogen-bond acceptors (Lipinski definition) is 2. The summed E-state index contributed by atoms with van der Waals surface area (Å²) in [5.41, 5.74) is -2.68. The molecule has 12 heteroatoms. The first-order valence-corrected chi connectivity index (χ1v) is 10.4. The van der Waals surface area contributed by atoms with Gasteiger partial charge >= 0.3 is 18.4 Å². The van der Waals surface area contributed by atoms with Crippen molar-refractivity contribution in [3.63, 3.8) is 0 Å². The second-order valence-electron chi connectivity index (χ2n) is 8.01. The fraction of sp³-hybridized carbons (Fsp3) is 0.364. The molecule has 0 spiro atoms. The van der Waals surface area contributed by atoms with Gasteiger partial charge in [-0.1, -0.05) is 23.7 Å². The number of likely N-dealkylation sites (tertiary alicyclic amines) is 1. The summed E-state index contributed by atoms with van der Waals surface area (Å²) in [7, 11) is 0. The van der Waals surface area contributed by atoms with Gasteiger partial charge in [-0.15, -0.1) is 0 Å². The van der Waals surface area contributed by atoms with Crippen LogP contribution in [0.25, 0.3) is 0 Å². The smallest absolute Gasteiger partial charge is 0.416 e. The molecule has 0 radical (unpaired) electrons. The highest BCUT2D eigenvalue weighted by atomic mass is 35.5. The van der Waals surface area contributed by atoms with Crippen LogP contribution in [0.4, 0.5) is 31.1 Å². The largest absolute Gasteiger partial charge is 0.465 e. The molecule has 0 bridgehead atoms. The zero-order valence-corrected chi connectivity index (χ0v) is 18.4. The van der Waals surface area contributed by atoms with E-state index in [-0.39, 0.29) is 25.6 Å². The van der Waals surface area contributed by atoms with Crippen LogP contribution in [-0.4, -0.2) is 41.1 Å². The number of nitrogens with one attached hydrogen (secondary N) is 1. The molecule has 2 N–H and O–H groups in total. The third kappa shape index (κ3) is 5.75. The summed E-state index contributed by atoms with van der Waals surface area (Å²) in [6, 6.07) is 4.87. The molecule has 0 aromatic heterocycles. The number of carbonyl (C=O) groups is 2. The molecule has 1 aliphatic heterocycles. The van der Waals surface area contributed by atoms with Crippen molar-refractivity contribution in [2.45, 2.75) is 37.7 Å². The average Bonchev–Trinajstić information content (AvgIpc) is 2.74. The maximum atomic E-state index is 13.2. The van der Waals surface area contributed by atoms with Gasteiger partial charge in [-0.25, -0.2) is 4.79 Å². The number of alkyl halides is 6. The van der Waals surface area contributed by atoms with Gasteiger partial charge in [0.2, 0.25) is 0 Å². The molecule has 0 aliphatic carbocycles. The Balaban J connectivity index is 1.95. The molecule has 1 fully saturated rings. The van der Waals surface area contributed by atoms with Gasteiger partial charge < -0.3 is 15.3 Å². The maximum absolute atomic E-state index is 13.2. The predicted octanol–water partition coefficient (Wildman–Crippen LogP) is 5.95. The summed E-state index contributed by atoms with van der Waals surface area (Å²) in [6.07, 6.45) is -11.3. The number of hydrogen-bond donors (Lipinski definition) is 2. The topological polar surface area (TPSA) is 69.6 Å². The van der Waals surface area contributed by atoms with E-state index < -0.39 is 53.0 Å². The Morgan fingerprint density at radius 2 is 1.62 bits per heavy atom. The molecule has 184 valence electrons. The van der Waals surface area contributed by atoms with E-state index in [4.69, 9.17) is 11.6 Å². The van der Waals surface area contributed by atoms with Crippen LogP contribution in [-0.2, 0) is 12.4 Å². The Hall–Kier alpha value is -2.95. The summed E-state index contributed by atoms with van der Waals surface area (Å²) >= 11 is 6.17. The van der Waals surface area contributed by atoms with Crippen LogP contribution >= 0.6 is 11.6 Å². The molecule has 5 nitrogen and oxygen atoms in total. The molecule has 2 amide bonds. The molecule has 2 atom stereocenters. The van der Waals surface area contributed by atoms with Gasteiger partial charge in [0.1, 0.15) is 0 Å². The molecular weight excluding hydrogens is 490 g/mol. The monoisotopic (exact) mass is 508 g/mol. The number of halogens is 7. The standard InChI is InChI=1S/C22H19ClF6N2O3/c1-11-2-3-12(8-17(11)23)16-10-31(20(33)34)5-4-18(16)30-19(32)13-6-14(21(24,25)26)9-15(7-13)22(27,28)29/h2-3,6-9,16,18H,4-5,10H2,1H3,(H,30,32)(H,33,34). The quantitative estimate of drug-likeness (QED) is 0.503. The first-order chi connectivity index (χ1) is 15.7. The van der Waals surface area contributed by atoms with Gasteiger partial charge in [0.15, 0.2) is 0 Å². The van der Waals surface area contributed by atoms with Crippen molar-refractivity contribution in [1.29, 1.82) is 0 Å². The van der Waals surface area contributed by atoms with E-state index in [1.54, 1.807) is 25.1 Å². The molecule has 2 aromatic rings. The molecule has 1 saturated heterocycles. The van der Waals surface area contributed by atoms with Crippen molar-refractivity contribution in [2.75, 3.05) is 13.1 Å². The summed E-state index contributed by atoms with van der Waals surface area (Å²) in [5.74, 6) is -1.76. The van der Waals surface area contributed by atoms with Crippen molar-refractivity contribution < 1.29 is 41.0 Å². The lowest BCUT2D eigenvalue weighted by Gasteiger charge is -2.38. The van der Waals surface area contributed by atoms with Gasteiger partial charge in [0.05, 0.1) is 11.1 Å².